The van der Waals surface area contributed by atoms with Crippen LogP contribution in [0.2, 0.25) is 0 Å². The molecule has 13 heteroatoms. The van der Waals surface area contributed by atoms with Crippen LogP contribution in [0.15, 0.2) is 42.5 Å². The number of hydrogen-bond acceptors (Lipinski definition) is 4. The molecule has 240 valence electrons. The van der Waals surface area contributed by atoms with Crippen LogP contribution >= 0.6 is 7.60 Å². The Morgan fingerprint density at radius 3 is 2.05 bits per heavy atom. The molecule has 0 saturated carbocycles. The van der Waals surface area contributed by atoms with Crippen LogP contribution in [0.25, 0.3) is 11.1 Å². The molecule has 0 bridgehead atoms. The van der Waals surface area contributed by atoms with Gasteiger partial charge in [0, 0.05) is 0 Å². The topological polar surface area (TPSA) is 64.6 Å². The van der Waals surface area contributed by atoms with Gasteiger partial charge in [-0.05, 0) is 59.9 Å². The number of hydrogen-bond donors (Lipinski definition) is 1. The minimum atomic E-state index is -6.49. The van der Waals surface area contributed by atoms with Crippen molar-refractivity contribution >= 4 is 13.5 Å². The van der Waals surface area contributed by atoms with Crippen LogP contribution in [0.5, 0.6) is 0 Å². The molecule has 1 amide bonds. The van der Waals surface area contributed by atoms with Gasteiger partial charge in [0.05, 0.1) is 31.8 Å². The summed E-state index contributed by atoms with van der Waals surface area (Å²) >= 11 is 0. The summed E-state index contributed by atoms with van der Waals surface area (Å²) in [5.41, 5.74) is 2.83. The maximum Gasteiger partial charge on any atom is 0.459 e. The normalized spacial score (nSPS) is 15.3. The fraction of sp³-hybridized carbons (Fsp3) is 0.567. The van der Waals surface area contributed by atoms with Crippen LogP contribution in [0, 0.1) is 0 Å². The van der Waals surface area contributed by atoms with Crippen molar-refractivity contribution in [1.29, 1.82) is 0 Å². The first-order valence-corrected chi connectivity index (χ1v) is 16.1. The Labute approximate surface area is 247 Å². The number of carbonyl (C=O) groups is 1. The van der Waals surface area contributed by atoms with Crippen molar-refractivity contribution in [3.05, 3.63) is 59.2 Å². The maximum absolute atomic E-state index is 14.0. The molecule has 0 radical (unpaired) electrons. The maximum atomic E-state index is 14.0. The molecule has 5 nitrogen and oxygen atoms in total. The first-order chi connectivity index (χ1) is 20.2. The highest BCUT2D eigenvalue weighted by atomic mass is 31.2. The molecule has 0 spiro atoms. The number of unbranched alkanes of at least 4 members (excludes halogenated alkanes) is 3. The Morgan fingerprint density at radius 2 is 1.44 bits per heavy atom. The van der Waals surface area contributed by atoms with E-state index in [-0.39, 0.29) is 6.16 Å². The van der Waals surface area contributed by atoms with Crippen LogP contribution in [-0.2, 0) is 24.8 Å². The van der Waals surface area contributed by atoms with Gasteiger partial charge in [-0.2, -0.15) is 30.7 Å². The zero-order valence-electron chi connectivity index (χ0n) is 24.1. The first-order valence-electron chi connectivity index (χ1n) is 14.4. The molecule has 1 atom stereocenters. The lowest BCUT2D eigenvalue weighted by molar-refractivity contribution is -0.352. The monoisotopic (exact) mass is 639 g/mol. The van der Waals surface area contributed by atoms with Crippen molar-refractivity contribution in [2.45, 2.75) is 82.7 Å². The molecule has 1 aliphatic rings. The second-order valence-corrected chi connectivity index (χ2v) is 12.7. The van der Waals surface area contributed by atoms with Gasteiger partial charge in [-0.1, -0.05) is 69.2 Å². The molecule has 0 aliphatic heterocycles. The van der Waals surface area contributed by atoms with Crippen LogP contribution in [-0.4, -0.2) is 49.8 Å². The third-order valence-electron chi connectivity index (χ3n) is 7.31. The highest BCUT2D eigenvalue weighted by molar-refractivity contribution is 7.53. The van der Waals surface area contributed by atoms with Gasteiger partial charge in [0.2, 0.25) is 5.91 Å². The van der Waals surface area contributed by atoms with E-state index in [2.05, 4.69) is 0 Å². The molecule has 0 saturated heterocycles. The van der Waals surface area contributed by atoms with Crippen molar-refractivity contribution in [2.75, 3.05) is 25.9 Å². The summed E-state index contributed by atoms with van der Waals surface area (Å²) < 4.78 is 117. The van der Waals surface area contributed by atoms with Gasteiger partial charge in [-0.15, -0.1) is 0 Å². The van der Waals surface area contributed by atoms with E-state index in [0.717, 1.165) is 25.7 Å². The number of rotatable bonds is 17. The second kappa shape index (κ2) is 14.6. The predicted molar refractivity (Wildman–Crippen MR) is 150 cm³/mol. The van der Waals surface area contributed by atoms with Gasteiger partial charge in [0.1, 0.15) is 0 Å². The second-order valence-electron chi connectivity index (χ2n) is 10.6. The summed E-state index contributed by atoms with van der Waals surface area (Å²) in [6.45, 7) is 2.41. The molecular formula is C30H37F7NO4P. The highest BCUT2D eigenvalue weighted by Crippen LogP contribution is 2.50. The van der Waals surface area contributed by atoms with E-state index in [9.17, 15) is 40.1 Å². The summed E-state index contributed by atoms with van der Waals surface area (Å²) in [5.74, 6) is -14.2. The van der Waals surface area contributed by atoms with E-state index in [1.165, 1.54) is 0 Å². The quantitative estimate of drug-likeness (QED) is 0.107. The summed E-state index contributed by atoms with van der Waals surface area (Å²) in [5, 5.41) is 1.65. The van der Waals surface area contributed by atoms with E-state index < -0.39 is 44.0 Å². The molecule has 3 rings (SSSR count). The Bertz CT molecular complexity index is 1270. The van der Waals surface area contributed by atoms with Gasteiger partial charge in [0.25, 0.3) is 0 Å². The SMILES string of the molecule is CCCCOP(=O)(CCCCc1cccc2c1C(C(=O)NCC(F)(F)C(F)(F)C(F)(F)F)c1ccccc1-2)OCCCC. The number of halogens is 7. The molecule has 1 unspecified atom stereocenters. The molecule has 1 aliphatic carbocycles. The van der Waals surface area contributed by atoms with E-state index in [1.807, 2.05) is 13.8 Å². The Balaban J connectivity index is 1.78. The molecule has 43 heavy (non-hydrogen) atoms. The zero-order valence-corrected chi connectivity index (χ0v) is 25.0. The van der Waals surface area contributed by atoms with Crippen molar-refractivity contribution < 1.29 is 49.1 Å². The number of alkyl halides is 7. The number of benzene rings is 2. The fourth-order valence-electron chi connectivity index (χ4n) is 4.93. The van der Waals surface area contributed by atoms with E-state index in [1.54, 1.807) is 47.8 Å². The zero-order chi connectivity index (χ0) is 31.9. The lowest BCUT2D eigenvalue weighted by Gasteiger charge is -2.28. The summed E-state index contributed by atoms with van der Waals surface area (Å²) in [6, 6.07) is 11.9. The number of nitrogens with one attached hydrogen (secondary N) is 1. The van der Waals surface area contributed by atoms with Crippen LogP contribution in [0.4, 0.5) is 30.7 Å². The molecule has 2 aromatic rings. The first kappa shape index (κ1) is 35.1. The molecule has 0 aromatic heterocycles. The van der Waals surface area contributed by atoms with E-state index in [4.69, 9.17) is 9.05 Å². The van der Waals surface area contributed by atoms with Crippen molar-refractivity contribution in [3.8, 4) is 11.1 Å². The van der Waals surface area contributed by atoms with Crippen molar-refractivity contribution in [3.63, 3.8) is 0 Å². The third kappa shape index (κ3) is 8.19. The smallest absolute Gasteiger partial charge is 0.349 e. The minimum absolute atomic E-state index is 0.183. The third-order valence-corrected chi connectivity index (χ3v) is 9.33. The summed E-state index contributed by atoms with van der Waals surface area (Å²) in [6.07, 6.45) is -1.73. The molecular weight excluding hydrogens is 602 g/mol. The lowest BCUT2D eigenvalue weighted by Crippen LogP contribution is -2.57. The standard InChI is InChI=1S/C30H37F7NO4P/c1-3-5-17-41-43(40,42-18-6-4-2)19-10-9-12-21-13-11-16-23-22-14-7-8-15-24(22)26(25(21)23)27(39)38-20-28(31,32)29(33,34)30(35,36)37/h7-8,11,13-16,26H,3-6,9-10,12,17-20H2,1-2H3,(H,38,39). The number of carbonyl (C=O) groups excluding carboxylic acids is 1. The summed E-state index contributed by atoms with van der Waals surface area (Å²) in [4.78, 5) is 13.2. The largest absolute Gasteiger partial charge is 0.459 e. The van der Waals surface area contributed by atoms with E-state index >= 15 is 0 Å². The molecule has 0 heterocycles. The molecule has 0 fully saturated rings. The highest BCUT2D eigenvalue weighted by Gasteiger charge is 2.72. The Hall–Kier alpha value is -2.43. The number of amides is 1. The fourth-order valence-corrected chi connectivity index (χ4v) is 6.69. The van der Waals surface area contributed by atoms with Crippen LogP contribution in [0.3, 0.4) is 0 Å². The molecule has 2 aromatic carbocycles. The lowest BCUT2D eigenvalue weighted by atomic mass is 9.90. The average molecular weight is 640 g/mol. The van der Waals surface area contributed by atoms with E-state index in [0.29, 0.717) is 60.3 Å². The van der Waals surface area contributed by atoms with Crippen LogP contribution in [0.1, 0.15) is 75.0 Å². The van der Waals surface area contributed by atoms with Gasteiger partial charge in [-0.25, -0.2) is 0 Å². The van der Waals surface area contributed by atoms with Gasteiger partial charge >= 0.3 is 25.6 Å². The average Bonchev–Trinajstić information content (AvgIpc) is 3.29. The Kier molecular flexibility index (Phi) is 11.9. The molecule has 1 N–H and O–H groups in total. The van der Waals surface area contributed by atoms with Gasteiger partial charge < -0.3 is 14.4 Å². The number of aryl methyl sites for hydroxylation is 1. The van der Waals surface area contributed by atoms with Crippen LogP contribution < -0.4 is 5.32 Å². The summed E-state index contributed by atoms with van der Waals surface area (Å²) in [7, 11) is -3.32. The predicted octanol–water partition coefficient (Wildman–Crippen LogP) is 8.90. The van der Waals surface area contributed by atoms with Crippen molar-refractivity contribution in [2.24, 2.45) is 0 Å². The Morgan fingerprint density at radius 1 is 0.837 bits per heavy atom. The van der Waals surface area contributed by atoms with Crippen molar-refractivity contribution in [1.82, 2.24) is 5.32 Å². The minimum Gasteiger partial charge on any atom is -0.349 e. The number of fused-ring (bicyclic) bond motifs is 3. The van der Waals surface area contributed by atoms with Gasteiger partial charge in [0.15, 0.2) is 0 Å². The van der Waals surface area contributed by atoms with Gasteiger partial charge in [-0.3, -0.25) is 9.36 Å².